The molecule has 0 amide bonds. The highest BCUT2D eigenvalue weighted by Crippen LogP contribution is 2.30. The van der Waals surface area contributed by atoms with Gasteiger partial charge in [0.2, 0.25) is 5.95 Å². The maximum absolute atomic E-state index is 13.5. The standard InChI is InChI=1S/C23H26N6O4/c1-23(2,3)33-22(32)29-18-12-24-20(27-13-25-16-6-4-5-7-17(16)27)26-19(18)28(21(29)31)14-8-10-15(30)11-9-14/h4-7,12-15,30H,8-11H2,1-3H3/t14-,15-. The van der Waals surface area contributed by atoms with Crippen LogP contribution in [0.25, 0.3) is 28.1 Å². The van der Waals surface area contributed by atoms with Crippen molar-refractivity contribution in [2.24, 2.45) is 0 Å². The first-order chi connectivity index (χ1) is 15.7. The third-order valence-corrected chi connectivity index (χ3v) is 5.88. The summed E-state index contributed by atoms with van der Waals surface area (Å²) >= 11 is 0. The molecule has 1 aliphatic rings. The molecule has 1 aromatic carbocycles. The Morgan fingerprint density at radius 3 is 2.55 bits per heavy atom. The Morgan fingerprint density at radius 2 is 1.82 bits per heavy atom. The van der Waals surface area contributed by atoms with E-state index >= 15 is 0 Å². The number of hydrogen-bond acceptors (Lipinski definition) is 7. The smallest absolute Gasteiger partial charge is 0.423 e. The summed E-state index contributed by atoms with van der Waals surface area (Å²) in [4.78, 5) is 40.0. The maximum atomic E-state index is 13.5. The number of ether oxygens (including phenoxy) is 1. The molecule has 0 saturated heterocycles. The summed E-state index contributed by atoms with van der Waals surface area (Å²) in [6.45, 7) is 5.24. The van der Waals surface area contributed by atoms with Gasteiger partial charge in [-0.15, -0.1) is 0 Å². The Bertz CT molecular complexity index is 1400. The van der Waals surface area contributed by atoms with Gasteiger partial charge in [-0.05, 0) is 58.6 Å². The quantitative estimate of drug-likeness (QED) is 0.498. The number of imidazole rings is 2. The van der Waals surface area contributed by atoms with Crippen molar-refractivity contribution in [3.63, 3.8) is 0 Å². The fourth-order valence-corrected chi connectivity index (χ4v) is 4.36. The molecule has 0 radical (unpaired) electrons. The zero-order valence-corrected chi connectivity index (χ0v) is 18.8. The summed E-state index contributed by atoms with van der Waals surface area (Å²) in [5, 5.41) is 9.94. The molecule has 10 nitrogen and oxygen atoms in total. The van der Waals surface area contributed by atoms with Crippen LogP contribution in [0.15, 0.2) is 41.6 Å². The molecule has 0 unspecified atom stereocenters. The molecule has 1 fully saturated rings. The number of aromatic nitrogens is 6. The van der Waals surface area contributed by atoms with Gasteiger partial charge in [0, 0.05) is 6.04 Å². The number of aliphatic hydroxyl groups excluding tert-OH is 1. The number of benzene rings is 1. The van der Waals surface area contributed by atoms with Gasteiger partial charge in [-0.1, -0.05) is 12.1 Å². The van der Waals surface area contributed by atoms with Gasteiger partial charge in [0.25, 0.3) is 0 Å². The van der Waals surface area contributed by atoms with E-state index in [1.54, 1.807) is 36.2 Å². The van der Waals surface area contributed by atoms with E-state index in [-0.39, 0.29) is 17.7 Å². The molecule has 10 heteroatoms. The van der Waals surface area contributed by atoms with Crippen LogP contribution in [-0.2, 0) is 4.74 Å². The number of aliphatic hydroxyl groups is 1. The Morgan fingerprint density at radius 1 is 1.09 bits per heavy atom. The summed E-state index contributed by atoms with van der Waals surface area (Å²) in [6, 6.07) is 7.43. The molecule has 0 atom stereocenters. The van der Waals surface area contributed by atoms with Crippen LogP contribution in [0, 0.1) is 0 Å². The largest absolute Gasteiger partial charge is 0.443 e. The number of carbonyl (C=O) groups excluding carboxylic acids is 1. The van der Waals surface area contributed by atoms with Gasteiger partial charge in [-0.3, -0.25) is 9.13 Å². The number of nitrogens with zero attached hydrogens (tertiary/aromatic N) is 6. The van der Waals surface area contributed by atoms with E-state index in [4.69, 9.17) is 9.72 Å². The van der Waals surface area contributed by atoms with Crippen molar-refractivity contribution in [1.82, 2.24) is 28.7 Å². The number of carbonyl (C=O) groups is 1. The van der Waals surface area contributed by atoms with Crippen molar-refractivity contribution in [1.29, 1.82) is 0 Å². The highest BCUT2D eigenvalue weighted by Gasteiger charge is 2.30. The van der Waals surface area contributed by atoms with Gasteiger partial charge in [0.15, 0.2) is 5.65 Å². The molecule has 1 saturated carbocycles. The lowest BCUT2D eigenvalue weighted by Crippen LogP contribution is -2.36. The maximum Gasteiger partial charge on any atom is 0.423 e. The first kappa shape index (κ1) is 21.3. The number of rotatable bonds is 2. The molecule has 0 spiro atoms. The van der Waals surface area contributed by atoms with Crippen LogP contribution in [-0.4, -0.2) is 51.6 Å². The molecule has 0 bridgehead atoms. The fraction of sp³-hybridized carbons (Fsp3) is 0.435. The van der Waals surface area contributed by atoms with Crippen molar-refractivity contribution in [3.05, 3.63) is 47.3 Å². The minimum Gasteiger partial charge on any atom is -0.443 e. The minimum absolute atomic E-state index is 0.186. The number of fused-ring (bicyclic) bond motifs is 2. The van der Waals surface area contributed by atoms with E-state index in [0.29, 0.717) is 37.3 Å². The monoisotopic (exact) mass is 450 g/mol. The molecule has 33 heavy (non-hydrogen) atoms. The summed E-state index contributed by atoms with van der Waals surface area (Å²) in [5.41, 5.74) is 0.992. The van der Waals surface area contributed by atoms with Crippen molar-refractivity contribution >= 4 is 28.3 Å². The van der Waals surface area contributed by atoms with Crippen LogP contribution in [0.2, 0.25) is 0 Å². The summed E-state index contributed by atoms with van der Waals surface area (Å²) in [7, 11) is 0. The molecule has 5 rings (SSSR count). The predicted molar refractivity (Wildman–Crippen MR) is 122 cm³/mol. The van der Waals surface area contributed by atoms with Crippen molar-refractivity contribution in [2.75, 3.05) is 0 Å². The zero-order valence-electron chi connectivity index (χ0n) is 18.8. The second kappa shape index (κ2) is 7.80. The molecule has 3 aromatic heterocycles. The van der Waals surface area contributed by atoms with Gasteiger partial charge in [-0.25, -0.2) is 19.6 Å². The van der Waals surface area contributed by atoms with E-state index in [2.05, 4.69) is 9.97 Å². The number of para-hydroxylation sites is 2. The highest BCUT2D eigenvalue weighted by molar-refractivity contribution is 5.85. The van der Waals surface area contributed by atoms with E-state index < -0.39 is 17.4 Å². The van der Waals surface area contributed by atoms with Gasteiger partial charge < -0.3 is 9.84 Å². The SMILES string of the molecule is CC(C)(C)OC(=O)n1c(=O)n([C@H]2CC[C@H](O)CC2)c2nc(-n3cnc4ccccc43)ncc21. The molecule has 1 N–H and O–H groups in total. The van der Waals surface area contributed by atoms with Crippen LogP contribution in [0.1, 0.15) is 52.5 Å². The zero-order chi connectivity index (χ0) is 23.3. The van der Waals surface area contributed by atoms with Crippen LogP contribution in [0.5, 0.6) is 0 Å². The molecular formula is C23H26N6O4. The Balaban J connectivity index is 1.70. The van der Waals surface area contributed by atoms with Crippen molar-refractivity contribution < 1.29 is 14.6 Å². The second-order valence-electron chi connectivity index (χ2n) is 9.41. The lowest BCUT2D eigenvalue weighted by atomic mass is 9.93. The molecular weight excluding hydrogens is 424 g/mol. The first-order valence-electron chi connectivity index (χ1n) is 11.1. The number of hydrogen-bond donors (Lipinski definition) is 1. The Hall–Kier alpha value is -3.53. The lowest BCUT2D eigenvalue weighted by Gasteiger charge is -2.26. The van der Waals surface area contributed by atoms with Gasteiger partial charge in [0.1, 0.15) is 17.4 Å². The van der Waals surface area contributed by atoms with Crippen LogP contribution >= 0.6 is 0 Å². The molecule has 1 aliphatic carbocycles. The fourth-order valence-electron chi connectivity index (χ4n) is 4.36. The van der Waals surface area contributed by atoms with Gasteiger partial charge in [-0.2, -0.15) is 9.55 Å². The molecule has 172 valence electrons. The summed E-state index contributed by atoms with van der Waals surface area (Å²) in [6.07, 6.45) is 4.36. The highest BCUT2D eigenvalue weighted by atomic mass is 16.6. The van der Waals surface area contributed by atoms with Crippen molar-refractivity contribution in [2.45, 2.75) is 64.2 Å². The molecule has 3 heterocycles. The average Bonchev–Trinajstić information content (AvgIpc) is 3.31. The van der Waals surface area contributed by atoms with Crippen LogP contribution < -0.4 is 5.69 Å². The third-order valence-electron chi connectivity index (χ3n) is 5.88. The van der Waals surface area contributed by atoms with Crippen LogP contribution in [0.4, 0.5) is 4.79 Å². The van der Waals surface area contributed by atoms with E-state index in [9.17, 15) is 14.7 Å². The normalized spacial score (nSPS) is 19.3. The minimum atomic E-state index is -0.767. The lowest BCUT2D eigenvalue weighted by molar-refractivity contribution is 0.0534. The third kappa shape index (κ3) is 3.80. The van der Waals surface area contributed by atoms with Crippen molar-refractivity contribution in [3.8, 4) is 5.95 Å². The van der Waals surface area contributed by atoms with E-state index in [1.807, 2.05) is 24.3 Å². The molecule has 0 aliphatic heterocycles. The Labute approximate surface area is 189 Å². The Kier molecular flexibility index (Phi) is 5.04. The van der Waals surface area contributed by atoms with Gasteiger partial charge >= 0.3 is 11.8 Å². The van der Waals surface area contributed by atoms with E-state index in [0.717, 1.165) is 15.6 Å². The van der Waals surface area contributed by atoms with Crippen LogP contribution in [0.3, 0.4) is 0 Å². The first-order valence-corrected chi connectivity index (χ1v) is 11.1. The van der Waals surface area contributed by atoms with Gasteiger partial charge in [0.05, 0.1) is 23.3 Å². The average molecular weight is 450 g/mol. The summed E-state index contributed by atoms with van der Waals surface area (Å²) in [5.74, 6) is 0.349. The molecule has 4 aromatic rings. The topological polar surface area (TPSA) is 117 Å². The summed E-state index contributed by atoms with van der Waals surface area (Å²) < 4.78 is 9.79. The second-order valence-corrected chi connectivity index (χ2v) is 9.41. The predicted octanol–water partition coefficient (Wildman–Crippen LogP) is 3.19. The van der Waals surface area contributed by atoms with E-state index in [1.165, 1.54) is 6.20 Å².